The molecule has 1 atom stereocenters. The standard InChI is InChI=1S/C15H22N2O4S/c1-9(2)12(14(19)20)13(18)17-15-16-8-11(22-15)7-10-3-5-21-6-4-10/h8-10,12H,3-7H2,1-2H3,(H,19,20)(H,16,17,18). The van der Waals surface area contributed by atoms with E-state index in [0.29, 0.717) is 11.0 Å². The summed E-state index contributed by atoms with van der Waals surface area (Å²) in [5.41, 5.74) is 0. The minimum Gasteiger partial charge on any atom is -0.481 e. The molecule has 1 aromatic rings. The molecular formula is C15H22N2O4S. The molecule has 1 amide bonds. The van der Waals surface area contributed by atoms with E-state index in [1.54, 1.807) is 20.0 Å². The first-order chi connectivity index (χ1) is 10.5. The maximum absolute atomic E-state index is 12.1. The van der Waals surface area contributed by atoms with E-state index in [1.165, 1.54) is 11.3 Å². The Labute approximate surface area is 133 Å². The SMILES string of the molecule is CC(C)C(C(=O)O)C(=O)Nc1ncc(CC2CCOCC2)s1. The summed E-state index contributed by atoms with van der Waals surface area (Å²) in [6, 6.07) is 0. The summed E-state index contributed by atoms with van der Waals surface area (Å²) in [5.74, 6) is -2.33. The number of nitrogens with one attached hydrogen (secondary N) is 1. The fourth-order valence-electron chi connectivity index (χ4n) is 2.58. The van der Waals surface area contributed by atoms with Gasteiger partial charge in [-0.25, -0.2) is 4.98 Å². The molecule has 22 heavy (non-hydrogen) atoms. The molecule has 122 valence electrons. The van der Waals surface area contributed by atoms with E-state index < -0.39 is 17.8 Å². The van der Waals surface area contributed by atoms with Crippen LogP contribution in [-0.4, -0.2) is 35.2 Å². The molecule has 0 spiro atoms. The van der Waals surface area contributed by atoms with Crippen LogP contribution in [0.15, 0.2) is 6.20 Å². The molecule has 1 aliphatic heterocycles. The normalized spacial score (nSPS) is 17.4. The third-order valence-corrected chi connectivity index (χ3v) is 4.76. The van der Waals surface area contributed by atoms with Crippen LogP contribution < -0.4 is 5.32 Å². The van der Waals surface area contributed by atoms with Crippen LogP contribution in [0, 0.1) is 17.8 Å². The van der Waals surface area contributed by atoms with Crippen LogP contribution in [0.5, 0.6) is 0 Å². The van der Waals surface area contributed by atoms with Gasteiger partial charge in [0.25, 0.3) is 0 Å². The van der Waals surface area contributed by atoms with Gasteiger partial charge in [0.1, 0.15) is 5.92 Å². The number of amides is 1. The number of carboxylic acids is 1. The second-order valence-electron chi connectivity index (χ2n) is 5.94. The first kappa shape index (κ1) is 16.9. The van der Waals surface area contributed by atoms with Crippen molar-refractivity contribution in [2.45, 2.75) is 33.1 Å². The summed E-state index contributed by atoms with van der Waals surface area (Å²) in [5, 5.41) is 12.2. The van der Waals surface area contributed by atoms with Crippen molar-refractivity contribution in [3.05, 3.63) is 11.1 Å². The maximum atomic E-state index is 12.1. The molecule has 0 saturated carbocycles. The van der Waals surface area contributed by atoms with Crippen LogP contribution in [0.2, 0.25) is 0 Å². The number of ether oxygens (including phenoxy) is 1. The van der Waals surface area contributed by atoms with Gasteiger partial charge in [-0.3, -0.25) is 9.59 Å². The van der Waals surface area contributed by atoms with Crippen LogP contribution >= 0.6 is 11.3 Å². The van der Waals surface area contributed by atoms with Crippen LogP contribution in [0.25, 0.3) is 0 Å². The number of aromatic nitrogens is 1. The molecule has 2 rings (SSSR count). The molecule has 0 radical (unpaired) electrons. The lowest BCUT2D eigenvalue weighted by molar-refractivity contribution is -0.147. The molecule has 1 aliphatic rings. The van der Waals surface area contributed by atoms with E-state index in [0.717, 1.165) is 37.4 Å². The number of hydrogen-bond donors (Lipinski definition) is 2. The maximum Gasteiger partial charge on any atom is 0.316 e. The number of rotatable bonds is 6. The van der Waals surface area contributed by atoms with Crippen LogP contribution in [-0.2, 0) is 20.7 Å². The average molecular weight is 326 g/mol. The predicted octanol–water partition coefficient (Wildman–Crippen LogP) is 2.41. The smallest absolute Gasteiger partial charge is 0.316 e. The minimum atomic E-state index is -1.11. The molecule has 2 heterocycles. The highest BCUT2D eigenvalue weighted by molar-refractivity contribution is 7.15. The van der Waals surface area contributed by atoms with E-state index in [1.807, 2.05) is 0 Å². The van der Waals surface area contributed by atoms with Gasteiger partial charge in [-0.05, 0) is 31.1 Å². The van der Waals surface area contributed by atoms with E-state index in [2.05, 4.69) is 10.3 Å². The number of thiazole rings is 1. The summed E-state index contributed by atoms with van der Waals surface area (Å²) in [6.45, 7) is 5.05. The summed E-state index contributed by atoms with van der Waals surface area (Å²) < 4.78 is 5.34. The first-order valence-corrected chi connectivity index (χ1v) is 8.35. The topological polar surface area (TPSA) is 88.5 Å². The molecule has 2 N–H and O–H groups in total. The van der Waals surface area contributed by atoms with Crippen LogP contribution in [0.4, 0.5) is 5.13 Å². The van der Waals surface area contributed by atoms with Gasteiger partial charge in [-0.1, -0.05) is 13.8 Å². The van der Waals surface area contributed by atoms with Gasteiger partial charge in [0.15, 0.2) is 5.13 Å². The minimum absolute atomic E-state index is 0.265. The molecule has 0 aromatic carbocycles. The van der Waals surface area contributed by atoms with E-state index >= 15 is 0 Å². The number of nitrogens with zero attached hydrogens (tertiary/aromatic N) is 1. The van der Waals surface area contributed by atoms with E-state index in [9.17, 15) is 9.59 Å². The second kappa shape index (κ2) is 7.69. The van der Waals surface area contributed by atoms with Crippen molar-refractivity contribution in [1.29, 1.82) is 0 Å². The Balaban J connectivity index is 1.93. The summed E-state index contributed by atoms with van der Waals surface area (Å²) in [7, 11) is 0. The van der Waals surface area contributed by atoms with Gasteiger partial charge >= 0.3 is 5.97 Å². The quantitative estimate of drug-likeness (QED) is 0.784. The number of aliphatic carboxylic acids is 1. The molecule has 6 nitrogen and oxygen atoms in total. The summed E-state index contributed by atoms with van der Waals surface area (Å²) in [6.07, 6.45) is 4.80. The van der Waals surface area contributed by atoms with Crippen molar-refractivity contribution >= 4 is 28.3 Å². The van der Waals surface area contributed by atoms with Gasteiger partial charge < -0.3 is 15.2 Å². The molecule has 7 heteroatoms. The Morgan fingerprint density at radius 3 is 2.73 bits per heavy atom. The Morgan fingerprint density at radius 2 is 2.14 bits per heavy atom. The largest absolute Gasteiger partial charge is 0.481 e. The highest BCUT2D eigenvalue weighted by Crippen LogP contribution is 2.26. The second-order valence-corrected chi connectivity index (χ2v) is 7.06. The fraction of sp³-hybridized carbons (Fsp3) is 0.667. The number of anilines is 1. The fourth-order valence-corrected chi connectivity index (χ4v) is 3.51. The van der Waals surface area contributed by atoms with Gasteiger partial charge in [0.2, 0.25) is 5.91 Å². The third kappa shape index (κ3) is 4.51. The van der Waals surface area contributed by atoms with Crippen molar-refractivity contribution in [2.75, 3.05) is 18.5 Å². The van der Waals surface area contributed by atoms with Gasteiger partial charge in [-0.15, -0.1) is 11.3 Å². The van der Waals surface area contributed by atoms with Gasteiger partial charge in [0.05, 0.1) is 0 Å². The summed E-state index contributed by atoms with van der Waals surface area (Å²) in [4.78, 5) is 28.5. The first-order valence-electron chi connectivity index (χ1n) is 7.53. The van der Waals surface area contributed by atoms with Gasteiger partial charge in [0, 0.05) is 24.3 Å². The van der Waals surface area contributed by atoms with E-state index in [4.69, 9.17) is 9.84 Å². The average Bonchev–Trinajstić information content (AvgIpc) is 2.86. The Hall–Kier alpha value is -1.47. The summed E-state index contributed by atoms with van der Waals surface area (Å²) >= 11 is 1.42. The Bertz CT molecular complexity index is 523. The highest BCUT2D eigenvalue weighted by atomic mass is 32.1. The van der Waals surface area contributed by atoms with Crippen molar-refractivity contribution < 1.29 is 19.4 Å². The molecule has 0 bridgehead atoms. The molecule has 1 fully saturated rings. The van der Waals surface area contributed by atoms with Crippen LogP contribution in [0.1, 0.15) is 31.6 Å². The zero-order chi connectivity index (χ0) is 16.1. The van der Waals surface area contributed by atoms with E-state index in [-0.39, 0.29) is 5.92 Å². The molecule has 0 aliphatic carbocycles. The monoisotopic (exact) mass is 326 g/mol. The van der Waals surface area contributed by atoms with Crippen molar-refractivity contribution in [1.82, 2.24) is 4.98 Å². The number of carbonyl (C=O) groups is 2. The van der Waals surface area contributed by atoms with Crippen LogP contribution in [0.3, 0.4) is 0 Å². The lowest BCUT2D eigenvalue weighted by atomic mass is 9.95. The Morgan fingerprint density at radius 1 is 1.45 bits per heavy atom. The molecular weight excluding hydrogens is 304 g/mol. The number of hydrogen-bond acceptors (Lipinski definition) is 5. The lowest BCUT2D eigenvalue weighted by Crippen LogP contribution is -2.33. The zero-order valence-corrected chi connectivity index (χ0v) is 13.7. The predicted molar refractivity (Wildman–Crippen MR) is 84.0 cm³/mol. The van der Waals surface area contributed by atoms with Crippen molar-refractivity contribution in [2.24, 2.45) is 17.8 Å². The van der Waals surface area contributed by atoms with Crippen molar-refractivity contribution in [3.63, 3.8) is 0 Å². The van der Waals surface area contributed by atoms with Crippen molar-refractivity contribution in [3.8, 4) is 0 Å². The molecule has 1 aromatic heterocycles. The third-order valence-electron chi connectivity index (χ3n) is 3.83. The molecule has 1 unspecified atom stereocenters. The zero-order valence-electron chi connectivity index (χ0n) is 12.9. The molecule has 1 saturated heterocycles. The highest BCUT2D eigenvalue weighted by Gasteiger charge is 2.30. The number of carboxylic acid groups (broad SMARTS) is 1. The van der Waals surface area contributed by atoms with Gasteiger partial charge in [-0.2, -0.15) is 0 Å². The lowest BCUT2D eigenvalue weighted by Gasteiger charge is -2.20. The number of carbonyl (C=O) groups excluding carboxylic acids is 1. The Kier molecular flexibility index (Phi) is 5.90.